The smallest absolute Gasteiger partial charge is 0.391 e. The Morgan fingerprint density at radius 1 is 1.39 bits per heavy atom. The van der Waals surface area contributed by atoms with Crippen molar-refractivity contribution in [2.45, 2.75) is 39.0 Å². The first-order valence-corrected chi connectivity index (χ1v) is 6.65. The fourth-order valence-electron chi connectivity index (χ4n) is 1.68. The molecule has 2 N–H and O–H groups in total. The van der Waals surface area contributed by atoms with E-state index in [1.165, 1.54) is 0 Å². The molecule has 1 aromatic rings. The van der Waals surface area contributed by atoms with Gasteiger partial charge in [0.25, 0.3) is 0 Å². The van der Waals surface area contributed by atoms with Crippen LogP contribution in [0, 0.1) is 5.92 Å². The summed E-state index contributed by atoms with van der Waals surface area (Å²) < 4.78 is 37.0. The second kappa shape index (κ2) is 6.38. The summed E-state index contributed by atoms with van der Waals surface area (Å²) in [5, 5.41) is 12.8. The number of anilines is 1. The van der Waals surface area contributed by atoms with Crippen LogP contribution in [0.1, 0.15) is 31.6 Å². The Balaban J connectivity index is 2.51. The van der Waals surface area contributed by atoms with Gasteiger partial charge in [0, 0.05) is 6.54 Å². The molecule has 1 aromatic heterocycles. The van der Waals surface area contributed by atoms with Crippen molar-refractivity contribution in [1.82, 2.24) is 4.98 Å². The number of aromatic nitrogens is 1. The molecular formula is C11H17F3N2OS. The van der Waals surface area contributed by atoms with Crippen LogP contribution in [-0.2, 0) is 6.18 Å². The second-order valence-electron chi connectivity index (χ2n) is 4.05. The van der Waals surface area contributed by atoms with Gasteiger partial charge in [-0.05, 0) is 5.92 Å². The Morgan fingerprint density at radius 2 is 2.00 bits per heavy atom. The number of hydrogen-bond donors (Lipinski definition) is 2. The molecule has 1 atom stereocenters. The van der Waals surface area contributed by atoms with Crippen LogP contribution in [0.5, 0.6) is 0 Å². The first kappa shape index (κ1) is 15.2. The molecule has 0 spiro atoms. The zero-order chi connectivity index (χ0) is 13.8. The van der Waals surface area contributed by atoms with Crippen LogP contribution in [-0.4, -0.2) is 22.7 Å². The van der Waals surface area contributed by atoms with E-state index < -0.39 is 17.2 Å². The standard InChI is InChI=1S/C11H17F3N2OS/c1-3-7(4-2)8(17)5-15-10-16-6-9(18-10)11(12,13)14/h6-8,17H,3-5H2,1-2H3,(H,15,16). The van der Waals surface area contributed by atoms with Crippen LogP contribution >= 0.6 is 11.3 Å². The molecule has 0 aliphatic rings. The van der Waals surface area contributed by atoms with Crippen molar-refractivity contribution in [3.05, 3.63) is 11.1 Å². The van der Waals surface area contributed by atoms with Crippen LogP contribution in [0.4, 0.5) is 18.3 Å². The molecule has 0 bridgehead atoms. The summed E-state index contributed by atoms with van der Waals surface area (Å²) in [7, 11) is 0. The van der Waals surface area contributed by atoms with E-state index >= 15 is 0 Å². The Morgan fingerprint density at radius 3 is 2.44 bits per heavy atom. The number of aliphatic hydroxyl groups is 1. The number of thiazole rings is 1. The van der Waals surface area contributed by atoms with Crippen molar-refractivity contribution in [3.8, 4) is 0 Å². The number of hydrogen-bond acceptors (Lipinski definition) is 4. The van der Waals surface area contributed by atoms with E-state index in [4.69, 9.17) is 0 Å². The number of nitrogens with zero attached hydrogens (tertiary/aromatic N) is 1. The molecule has 3 nitrogen and oxygen atoms in total. The maximum absolute atomic E-state index is 12.3. The fraction of sp³-hybridized carbons (Fsp3) is 0.727. The van der Waals surface area contributed by atoms with Crippen LogP contribution in [0.2, 0.25) is 0 Å². The zero-order valence-corrected chi connectivity index (χ0v) is 11.1. The zero-order valence-electron chi connectivity index (χ0n) is 10.3. The Hall–Kier alpha value is -0.820. The Kier molecular flexibility index (Phi) is 5.40. The predicted octanol–water partition coefficient (Wildman–Crippen LogP) is 3.37. The van der Waals surface area contributed by atoms with E-state index in [9.17, 15) is 18.3 Å². The molecule has 18 heavy (non-hydrogen) atoms. The van der Waals surface area contributed by atoms with Gasteiger partial charge in [-0.15, -0.1) is 0 Å². The van der Waals surface area contributed by atoms with Crippen molar-refractivity contribution in [2.75, 3.05) is 11.9 Å². The Labute approximate surface area is 108 Å². The number of alkyl halides is 3. The van der Waals surface area contributed by atoms with Crippen LogP contribution in [0.25, 0.3) is 0 Å². The van der Waals surface area contributed by atoms with Crippen LogP contribution < -0.4 is 5.32 Å². The molecule has 0 aliphatic carbocycles. The van der Waals surface area contributed by atoms with Crippen molar-refractivity contribution in [2.24, 2.45) is 5.92 Å². The topological polar surface area (TPSA) is 45.1 Å². The maximum atomic E-state index is 12.3. The average Bonchev–Trinajstić information content (AvgIpc) is 2.76. The molecule has 1 rings (SSSR count). The highest BCUT2D eigenvalue weighted by atomic mass is 32.1. The quantitative estimate of drug-likeness (QED) is 0.841. The van der Waals surface area contributed by atoms with Gasteiger partial charge in [0.05, 0.1) is 12.3 Å². The van der Waals surface area contributed by atoms with Gasteiger partial charge in [0.1, 0.15) is 4.88 Å². The molecule has 7 heteroatoms. The molecule has 0 aromatic carbocycles. The third-order valence-corrected chi connectivity index (χ3v) is 3.84. The van der Waals surface area contributed by atoms with Gasteiger partial charge < -0.3 is 10.4 Å². The van der Waals surface area contributed by atoms with Crippen molar-refractivity contribution in [3.63, 3.8) is 0 Å². The average molecular weight is 282 g/mol. The lowest BCUT2D eigenvalue weighted by molar-refractivity contribution is -0.134. The minimum absolute atomic E-state index is 0.152. The minimum Gasteiger partial charge on any atom is -0.391 e. The third-order valence-electron chi connectivity index (χ3n) is 2.84. The van der Waals surface area contributed by atoms with E-state index in [-0.39, 0.29) is 17.6 Å². The summed E-state index contributed by atoms with van der Waals surface area (Å²) in [5.41, 5.74) is 0. The van der Waals surface area contributed by atoms with E-state index in [1.54, 1.807) is 0 Å². The normalized spacial score (nSPS) is 13.9. The molecule has 0 aliphatic heterocycles. The summed E-state index contributed by atoms with van der Waals surface area (Å²) in [6.07, 6.45) is -2.45. The van der Waals surface area contributed by atoms with Gasteiger partial charge in [-0.25, -0.2) is 4.98 Å². The molecular weight excluding hydrogens is 265 g/mol. The molecule has 104 valence electrons. The molecule has 1 heterocycles. The number of nitrogens with one attached hydrogen (secondary N) is 1. The lowest BCUT2D eigenvalue weighted by Gasteiger charge is -2.19. The van der Waals surface area contributed by atoms with Crippen LogP contribution in [0.15, 0.2) is 6.20 Å². The van der Waals surface area contributed by atoms with Crippen molar-refractivity contribution >= 4 is 16.5 Å². The highest BCUT2D eigenvalue weighted by Crippen LogP contribution is 2.35. The number of rotatable bonds is 6. The van der Waals surface area contributed by atoms with Gasteiger partial charge >= 0.3 is 6.18 Å². The Bertz CT molecular complexity index is 363. The van der Waals surface area contributed by atoms with Gasteiger partial charge in [-0.1, -0.05) is 38.0 Å². The molecule has 0 fully saturated rings. The molecule has 0 amide bonds. The lowest BCUT2D eigenvalue weighted by Crippen LogP contribution is -2.27. The third kappa shape index (κ3) is 4.13. The van der Waals surface area contributed by atoms with E-state index in [0.717, 1.165) is 19.0 Å². The minimum atomic E-state index is -4.36. The van der Waals surface area contributed by atoms with Gasteiger partial charge in [-0.2, -0.15) is 13.2 Å². The van der Waals surface area contributed by atoms with Crippen LogP contribution in [0.3, 0.4) is 0 Å². The fourth-order valence-corrected chi connectivity index (χ4v) is 2.37. The summed E-state index contributed by atoms with van der Waals surface area (Å²) >= 11 is 0.550. The molecule has 0 radical (unpaired) electrons. The summed E-state index contributed by atoms with van der Waals surface area (Å²) in [6.45, 7) is 4.17. The molecule has 1 unspecified atom stereocenters. The lowest BCUT2D eigenvalue weighted by atomic mass is 9.97. The highest BCUT2D eigenvalue weighted by Gasteiger charge is 2.33. The number of aliphatic hydroxyl groups excluding tert-OH is 1. The molecule has 0 saturated carbocycles. The summed E-state index contributed by atoms with van der Waals surface area (Å²) in [5.74, 6) is 0.152. The maximum Gasteiger partial charge on any atom is 0.427 e. The summed E-state index contributed by atoms with van der Waals surface area (Å²) in [4.78, 5) is 2.91. The number of halogens is 3. The van der Waals surface area contributed by atoms with Gasteiger partial charge in [-0.3, -0.25) is 0 Å². The first-order chi connectivity index (χ1) is 8.38. The van der Waals surface area contributed by atoms with E-state index in [2.05, 4.69) is 10.3 Å². The highest BCUT2D eigenvalue weighted by molar-refractivity contribution is 7.15. The van der Waals surface area contributed by atoms with E-state index in [0.29, 0.717) is 11.3 Å². The van der Waals surface area contributed by atoms with Gasteiger partial charge in [0.2, 0.25) is 0 Å². The molecule has 0 saturated heterocycles. The van der Waals surface area contributed by atoms with Gasteiger partial charge in [0.15, 0.2) is 5.13 Å². The predicted molar refractivity (Wildman–Crippen MR) is 65.7 cm³/mol. The first-order valence-electron chi connectivity index (χ1n) is 5.83. The monoisotopic (exact) mass is 282 g/mol. The largest absolute Gasteiger partial charge is 0.427 e. The van der Waals surface area contributed by atoms with Crippen molar-refractivity contribution in [1.29, 1.82) is 0 Å². The SMILES string of the molecule is CCC(CC)C(O)CNc1ncc(C(F)(F)F)s1. The van der Waals surface area contributed by atoms with E-state index in [1.807, 2.05) is 13.8 Å². The summed E-state index contributed by atoms with van der Waals surface area (Å²) in [6, 6.07) is 0. The van der Waals surface area contributed by atoms with Crippen molar-refractivity contribution < 1.29 is 18.3 Å². The second-order valence-corrected chi connectivity index (χ2v) is 5.08.